The number of ether oxygens (including phenoxy) is 2. The molecule has 156 valence electrons. The van der Waals surface area contributed by atoms with E-state index in [1.165, 1.54) is 11.1 Å². The van der Waals surface area contributed by atoms with E-state index in [1.807, 2.05) is 17.0 Å². The Morgan fingerprint density at radius 1 is 1.31 bits per heavy atom. The van der Waals surface area contributed by atoms with Gasteiger partial charge in [0.15, 0.2) is 5.76 Å². The van der Waals surface area contributed by atoms with Gasteiger partial charge in [-0.15, -0.1) is 0 Å². The molecule has 0 saturated carbocycles. The molecule has 1 aliphatic heterocycles. The van der Waals surface area contributed by atoms with Gasteiger partial charge in [0.05, 0.1) is 39.4 Å². The Kier molecular flexibility index (Phi) is 6.71. The number of benzene rings is 1. The Labute approximate surface area is 169 Å². The predicted octanol–water partition coefficient (Wildman–Crippen LogP) is 1.04. The molecule has 9 nitrogen and oxygen atoms in total. The van der Waals surface area contributed by atoms with Gasteiger partial charge < -0.3 is 24.2 Å². The molecule has 1 aliphatic rings. The summed E-state index contributed by atoms with van der Waals surface area (Å²) in [6, 6.07) is 6.77. The highest BCUT2D eigenvalue weighted by Crippen LogP contribution is 2.25. The molecule has 9 heteroatoms. The average Bonchev–Trinajstić information content (AvgIpc) is 3.23. The van der Waals surface area contributed by atoms with Gasteiger partial charge in [0, 0.05) is 38.8 Å². The maximum atomic E-state index is 12.7. The number of amides is 2. The number of rotatable bonds is 8. The van der Waals surface area contributed by atoms with Gasteiger partial charge in [-0.25, -0.2) is 0 Å². The molecule has 0 bridgehead atoms. The zero-order chi connectivity index (χ0) is 20.8. The summed E-state index contributed by atoms with van der Waals surface area (Å²) >= 11 is 0. The van der Waals surface area contributed by atoms with Crippen molar-refractivity contribution < 1.29 is 23.6 Å². The SMILES string of the molecule is COc1cc(CN2CCNC(=O)[C@H]2CC(=O)N(C)Cc2ccno2)cc(OC)c1. The number of hydrogen-bond acceptors (Lipinski definition) is 7. The van der Waals surface area contributed by atoms with Crippen molar-refractivity contribution >= 4 is 11.8 Å². The summed E-state index contributed by atoms with van der Waals surface area (Å²) in [5.74, 6) is 1.67. The topological polar surface area (TPSA) is 97.1 Å². The largest absolute Gasteiger partial charge is 0.497 e. The number of piperazine rings is 1. The second-order valence-corrected chi connectivity index (χ2v) is 6.93. The molecule has 2 aromatic rings. The van der Waals surface area contributed by atoms with Gasteiger partial charge in [-0.1, -0.05) is 5.16 Å². The van der Waals surface area contributed by atoms with E-state index >= 15 is 0 Å². The number of nitrogens with one attached hydrogen (secondary N) is 1. The molecule has 1 aromatic carbocycles. The van der Waals surface area contributed by atoms with Crippen molar-refractivity contribution in [2.75, 3.05) is 34.4 Å². The van der Waals surface area contributed by atoms with Crippen molar-refractivity contribution in [3.8, 4) is 11.5 Å². The summed E-state index contributed by atoms with van der Waals surface area (Å²) in [5, 5.41) is 6.50. The third-order valence-electron chi connectivity index (χ3n) is 4.92. The molecule has 1 aromatic heterocycles. The molecule has 2 amide bonds. The van der Waals surface area contributed by atoms with E-state index in [0.29, 0.717) is 43.4 Å². The van der Waals surface area contributed by atoms with Gasteiger partial charge in [0.2, 0.25) is 11.8 Å². The highest BCUT2D eigenvalue weighted by atomic mass is 16.5. The molecule has 1 atom stereocenters. The van der Waals surface area contributed by atoms with Crippen LogP contribution in [0.25, 0.3) is 0 Å². The van der Waals surface area contributed by atoms with Crippen LogP contribution >= 0.6 is 0 Å². The van der Waals surface area contributed by atoms with Crippen LogP contribution in [0.5, 0.6) is 11.5 Å². The van der Waals surface area contributed by atoms with Crippen LogP contribution in [-0.4, -0.2) is 67.2 Å². The summed E-state index contributed by atoms with van der Waals surface area (Å²) < 4.78 is 15.7. The van der Waals surface area contributed by atoms with Crippen molar-refractivity contribution in [1.29, 1.82) is 0 Å². The van der Waals surface area contributed by atoms with Crippen molar-refractivity contribution in [3.05, 3.63) is 41.8 Å². The first-order valence-electron chi connectivity index (χ1n) is 9.37. The van der Waals surface area contributed by atoms with Crippen LogP contribution in [0.2, 0.25) is 0 Å². The molecule has 2 heterocycles. The van der Waals surface area contributed by atoms with Crippen molar-refractivity contribution in [2.45, 2.75) is 25.6 Å². The van der Waals surface area contributed by atoms with Crippen LogP contribution in [0.15, 0.2) is 35.0 Å². The molecule has 3 rings (SSSR count). The van der Waals surface area contributed by atoms with Gasteiger partial charge in [-0.3, -0.25) is 14.5 Å². The second-order valence-electron chi connectivity index (χ2n) is 6.93. The first-order valence-corrected chi connectivity index (χ1v) is 9.37. The predicted molar refractivity (Wildman–Crippen MR) is 104 cm³/mol. The van der Waals surface area contributed by atoms with Crippen molar-refractivity contribution in [1.82, 2.24) is 20.3 Å². The van der Waals surface area contributed by atoms with E-state index in [9.17, 15) is 9.59 Å². The summed E-state index contributed by atoms with van der Waals surface area (Å²) in [4.78, 5) is 28.8. The summed E-state index contributed by atoms with van der Waals surface area (Å²) in [6.07, 6.45) is 1.62. The smallest absolute Gasteiger partial charge is 0.237 e. The van der Waals surface area contributed by atoms with Crippen LogP contribution in [-0.2, 0) is 22.7 Å². The van der Waals surface area contributed by atoms with Gasteiger partial charge in [-0.2, -0.15) is 0 Å². The first-order chi connectivity index (χ1) is 14.0. The van der Waals surface area contributed by atoms with Crippen LogP contribution < -0.4 is 14.8 Å². The minimum atomic E-state index is -0.550. The molecule has 0 radical (unpaired) electrons. The summed E-state index contributed by atoms with van der Waals surface area (Å²) in [7, 11) is 4.88. The molecule has 1 fully saturated rings. The molecule has 0 spiro atoms. The maximum Gasteiger partial charge on any atom is 0.237 e. The molecule has 29 heavy (non-hydrogen) atoms. The quantitative estimate of drug-likeness (QED) is 0.705. The highest BCUT2D eigenvalue weighted by Gasteiger charge is 2.32. The minimum absolute atomic E-state index is 0.0809. The summed E-state index contributed by atoms with van der Waals surface area (Å²) in [5.41, 5.74) is 0.948. The number of methoxy groups -OCH3 is 2. The standard InChI is InChI=1S/C20H26N4O5/c1-23(13-15-4-5-22-29-15)19(25)11-18-20(26)21-6-7-24(18)12-14-8-16(27-2)10-17(9-14)28-3/h4-5,8-10,18H,6-7,11-13H2,1-3H3,(H,21,26)/t18-/m1/s1. The average molecular weight is 402 g/mol. The Balaban J connectivity index is 1.70. The normalized spacial score (nSPS) is 16.9. The van der Waals surface area contributed by atoms with Gasteiger partial charge in [-0.05, 0) is 17.7 Å². The lowest BCUT2D eigenvalue weighted by Crippen LogP contribution is -2.56. The van der Waals surface area contributed by atoms with E-state index in [4.69, 9.17) is 14.0 Å². The minimum Gasteiger partial charge on any atom is -0.497 e. The van der Waals surface area contributed by atoms with E-state index in [1.54, 1.807) is 33.4 Å². The van der Waals surface area contributed by atoms with Crippen LogP contribution in [0.4, 0.5) is 0 Å². The summed E-state index contributed by atoms with van der Waals surface area (Å²) in [6.45, 7) is 2.00. The molecular formula is C20H26N4O5. The van der Waals surface area contributed by atoms with E-state index in [-0.39, 0.29) is 18.2 Å². The van der Waals surface area contributed by atoms with Crippen LogP contribution in [0.1, 0.15) is 17.7 Å². The fourth-order valence-electron chi connectivity index (χ4n) is 3.33. The van der Waals surface area contributed by atoms with Crippen LogP contribution in [0, 0.1) is 0 Å². The lowest BCUT2D eigenvalue weighted by Gasteiger charge is -2.35. The molecule has 1 saturated heterocycles. The van der Waals surface area contributed by atoms with Crippen molar-refractivity contribution in [2.24, 2.45) is 0 Å². The molecule has 0 unspecified atom stereocenters. The number of aromatic nitrogens is 1. The monoisotopic (exact) mass is 402 g/mol. The second kappa shape index (κ2) is 9.42. The Morgan fingerprint density at radius 2 is 2.03 bits per heavy atom. The van der Waals surface area contributed by atoms with Gasteiger partial charge >= 0.3 is 0 Å². The number of nitrogens with zero attached hydrogens (tertiary/aromatic N) is 3. The molecular weight excluding hydrogens is 376 g/mol. The van der Waals surface area contributed by atoms with Crippen LogP contribution in [0.3, 0.4) is 0 Å². The lowest BCUT2D eigenvalue weighted by molar-refractivity contribution is -0.138. The molecule has 1 N–H and O–H groups in total. The number of carbonyl (C=O) groups excluding carboxylic acids is 2. The molecule has 0 aliphatic carbocycles. The Morgan fingerprint density at radius 3 is 2.66 bits per heavy atom. The Bertz CT molecular complexity index is 817. The van der Waals surface area contributed by atoms with E-state index in [2.05, 4.69) is 10.5 Å². The van der Waals surface area contributed by atoms with E-state index < -0.39 is 6.04 Å². The van der Waals surface area contributed by atoms with Gasteiger partial charge in [0.1, 0.15) is 11.5 Å². The fourth-order valence-corrected chi connectivity index (χ4v) is 3.33. The zero-order valence-electron chi connectivity index (χ0n) is 16.9. The number of hydrogen-bond donors (Lipinski definition) is 1. The lowest BCUT2D eigenvalue weighted by atomic mass is 10.1. The highest BCUT2D eigenvalue weighted by molar-refractivity contribution is 5.88. The number of carbonyl (C=O) groups is 2. The van der Waals surface area contributed by atoms with E-state index in [0.717, 1.165) is 5.56 Å². The van der Waals surface area contributed by atoms with Gasteiger partial charge in [0.25, 0.3) is 0 Å². The van der Waals surface area contributed by atoms with Crippen molar-refractivity contribution in [3.63, 3.8) is 0 Å². The third-order valence-corrected chi connectivity index (χ3v) is 4.92. The maximum absolute atomic E-state index is 12.7. The third kappa shape index (κ3) is 5.26. The zero-order valence-corrected chi connectivity index (χ0v) is 16.9. The fraction of sp³-hybridized carbons (Fsp3) is 0.450. The first kappa shape index (κ1) is 20.7. The Hall–Kier alpha value is -3.07.